The fraction of sp³-hybridized carbons (Fsp3) is 0.263. The highest BCUT2D eigenvalue weighted by molar-refractivity contribution is 7.80. The molecule has 1 saturated heterocycles. The second-order valence-corrected chi connectivity index (χ2v) is 7.70. The Kier molecular flexibility index (Phi) is 6.96. The number of piperazine rings is 1. The van der Waals surface area contributed by atoms with Crippen LogP contribution in [-0.4, -0.2) is 54.1 Å². The molecular weight excluding hydrogens is 451 g/mol. The van der Waals surface area contributed by atoms with E-state index in [4.69, 9.17) is 40.2 Å². The smallest absolute Gasteiger partial charge is 0.296 e. The molecule has 1 heterocycles. The number of thiocarbonyl (C=S) groups is 1. The molecule has 158 valence electrons. The van der Waals surface area contributed by atoms with Gasteiger partial charge >= 0.3 is 0 Å². The maximum Gasteiger partial charge on any atom is 0.296 e. The number of amides is 1. The zero-order chi connectivity index (χ0) is 21.8. The van der Waals surface area contributed by atoms with Crippen molar-refractivity contribution in [1.29, 1.82) is 0 Å². The molecule has 0 atom stereocenters. The Morgan fingerprint density at radius 2 is 1.87 bits per heavy atom. The molecule has 8 nitrogen and oxygen atoms in total. The van der Waals surface area contributed by atoms with Gasteiger partial charge in [-0.15, -0.1) is 0 Å². The van der Waals surface area contributed by atoms with Gasteiger partial charge in [0.05, 0.1) is 28.7 Å². The Hall–Kier alpha value is -2.62. The van der Waals surface area contributed by atoms with Crippen molar-refractivity contribution in [2.75, 3.05) is 38.2 Å². The van der Waals surface area contributed by atoms with E-state index in [2.05, 4.69) is 5.32 Å². The average molecular weight is 469 g/mol. The van der Waals surface area contributed by atoms with Gasteiger partial charge in [-0.1, -0.05) is 23.2 Å². The number of nitro groups is 1. The maximum atomic E-state index is 12.4. The lowest BCUT2D eigenvalue weighted by Gasteiger charge is -2.37. The molecule has 0 unspecified atom stereocenters. The Morgan fingerprint density at radius 3 is 2.47 bits per heavy atom. The highest BCUT2D eigenvalue weighted by atomic mass is 35.5. The van der Waals surface area contributed by atoms with Crippen LogP contribution in [0.4, 0.5) is 11.4 Å². The van der Waals surface area contributed by atoms with Crippen molar-refractivity contribution in [2.45, 2.75) is 0 Å². The minimum absolute atomic E-state index is 0.0175. The van der Waals surface area contributed by atoms with Crippen LogP contribution in [0.25, 0.3) is 0 Å². The summed E-state index contributed by atoms with van der Waals surface area (Å²) >= 11 is 17.3. The molecule has 0 aromatic heterocycles. The number of anilines is 1. The maximum absolute atomic E-state index is 12.4. The van der Waals surface area contributed by atoms with Gasteiger partial charge in [-0.3, -0.25) is 20.2 Å². The second kappa shape index (κ2) is 9.46. The number of halogens is 2. The van der Waals surface area contributed by atoms with E-state index < -0.39 is 10.8 Å². The van der Waals surface area contributed by atoms with Crippen LogP contribution in [0.5, 0.6) is 5.75 Å². The van der Waals surface area contributed by atoms with E-state index in [-0.39, 0.29) is 21.4 Å². The van der Waals surface area contributed by atoms with E-state index in [0.29, 0.717) is 42.6 Å². The number of benzene rings is 2. The number of nitrogens with one attached hydrogen (secondary N) is 1. The van der Waals surface area contributed by atoms with Crippen LogP contribution in [0.2, 0.25) is 10.0 Å². The summed E-state index contributed by atoms with van der Waals surface area (Å²) in [4.78, 5) is 27.2. The summed E-state index contributed by atoms with van der Waals surface area (Å²) in [5, 5.41) is 15.1. The molecule has 1 fully saturated rings. The summed E-state index contributed by atoms with van der Waals surface area (Å²) in [5.41, 5.74) is 0.773. The molecule has 0 bridgehead atoms. The van der Waals surface area contributed by atoms with Gasteiger partial charge in [0.1, 0.15) is 11.4 Å². The Labute approximate surface area is 188 Å². The number of ether oxygens (including phenoxy) is 1. The topological polar surface area (TPSA) is 88.0 Å². The van der Waals surface area contributed by atoms with Crippen molar-refractivity contribution in [2.24, 2.45) is 0 Å². The van der Waals surface area contributed by atoms with Crippen LogP contribution in [0, 0.1) is 10.1 Å². The lowest BCUT2D eigenvalue weighted by Crippen LogP contribution is -2.52. The zero-order valence-corrected chi connectivity index (χ0v) is 18.3. The summed E-state index contributed by atoms with van der Waals surface area (Å²) in [6.45, 7) is 2.00. The van der Waals surface area contributed by atoms with Gasteiger partial charge in [-0.2, -0.15) is 0 Å². The normalized spacial score (nSPS) is 13.7. The first-order chi connectivity index (χ1) is 14.3. The summed E-state index contributed by atoms with van der Waals surface area (Å²) in [6, 6.07) is 9.37. The van der Waals surface area contributed by atoms with Gasteiger partial charge in [-0.25, -0.2) is 0 Å². The number of methoxy groups -OCH3 is 1. The monoisotopic (exact) mass is 468 g/mol. The summed E-state index contributed by atoms with van der Waals surface area (Å²) in [5.74, 6) is 0.00345. The molecule has 0 aliphatic carbocycles. The molecule has 1 aliphatic heterocycles. The lowest BCUT2D eigenvalue weighted by atomic mass is 10.2. The first-order valence-electron chi connectivity index (χ1n) is 8.93. The average Bonchev–Trinajstić information content (AvgIpc) is 2.73. The van der Waals surface area contributed by atoms with E-state index in [1.54, 1.807) is 18.2 Å². The van der Waals surface area contributed by atoms with E-state index in [0.717, 1.165) is 0 Å². The molecule has 1 amide bonds. The number of carbonyl (C=O) groups excluding carboxylic acids is 1. The second-order valence-electron chi connectivity index (χ2n) is 6.47. The largest absolute Gasteiger partial charge is 0.496 e. The van der Waals surface area contributed by atoms with Crippen LogP contribution < -0.4 is 15.0 Å². The van der Waals surface area contributed by atoms with Crippen molar-refractivity contribution >= 4 is 57.8 Å². The Balaban J connectivity index is 1.63. The van der Waals surface area contributed by atoms with Crippen molar-refractivity contribution in [1.82, 2.24) is 10.2 Å². The minimum atomic E-state index is -0.426. The summed E-state index contributed by atoms with van der Waals surface area (Å²) in [6.07, 6.45) is 0. The Morgan fingerprint density at radius 1 is 1.17 bits per heavy atom. The van der Waals surface area contributed by atoms with Gasteiger partial charge in [0, 0.05) is 31.2 Å². The summed E-state index contributed by atoms with van der Waals surface area (Å²) < 4.78 is 5.08. The van der Waals surface area contributed by atoms with Crippen molar-refractivity contribution in [3.05, 3.63) is 62.1 Å². The molecule has 3 rings (SSSR count). The number of carbonyl (C=O) groups is 1. The van der Waals surface area contributed by atoms with Gasteiger partial charge in [0.15, 0.2) is 5.11 Å². The fourth-order valence-electron chi connectivity index (χ4n) is 3.11. The number of nitrogens with zero attached hydrogens (tertiary/aromatic N) is 3. The molecule has 0 radical (unpaired) electrons. The van der Waals surface area contributed by atoms with Crippen LogP contribution >= 0.6 is 35.4 Å². The predicted molar refractivity (Wildman–Crippen MR) is 120 cm³/mol. The van der Waals surface area contributed by atoms with Gasteiger partial charge in [0.2, 0.25) is 0 Å². The van der Waals surface area contributed by atoms with E-state index in [1.807, 2.05) is 9.80 Å². The van der Waals surface area contributed by atoms with Crippen LogP contribution in [0.15, 0.2) is 36.4 Å². The van der Waals surface area contributed by atoms with Gasteiger partial charge in [-0.05, 0) is 42.5 Å². The first kappa shape index (κ1) is 22.1. The minimum Gasteiger partial charge on any atom is -0.496 e. The zero-order valence-electron chi connectivity index (χ0n) is 15.9. The van der Waals surface area contributed by atoms with Crippen molar-refractivity contribution < 1.29 is 14.5 Å². The molecule has 11 heteroatoms. The molecule has 0 saturated carbocycles. The number of rotatable bonds is 4. The van der Waals surface area contributed by atoms with Crippen molar-refractivity contribution in [3.8, 4) is 5.75 Å². The van der Waals surface area contributed by atoms with E-state index in [1.165, 1.54) is 25.3 Å². The standard InChI is InChI=1S/C19H18Cl2N4O4S/c1-29-13-3-5-16(17(11-13)25(27)28)23-6-8-24(9-7-23)19(30)22-18(26)14-4-2-12(20)10-15(14)21/h2-5,10-11H,6-9H2,1H3,(H,22,26,30). The predicted octanol–water partition coefficient (Wildman–Crippen LogP) is 3.75. The van der Waals surface area contributed by atoms with Crippen molar-refractivity contribution in [3.63, 3.8) is 0 Å². The molecule has 2 aromatic rings. The molecule has 2 aromatic carbocycles. The van der Waals surface area contributed by atoms with Crippen LogP contribution in [-0.2, 0) is 0 Å². The fourth-order valence-corrected chi connectivity index (χ4v) is 3.88. The van der Waals surface area contributed by atoms with Gasteiger partial charge < -0.3 is 14.5 Å². The third kappa shape index (κ3) is 4.92. The highest BCUT2D eigenvalue weighted by Gasteiger charge is 2.26. The SMILES string of the molecule is COc1ccc(N2CCN(C(=S)NC(=O)c3ccc(Cl)cc3Cl)CC2)c([N+](=O)[O-])c1. The molecular formula is C19H18Cl2N4O4S. The highest BCUT2D eigenvalue weighted by Crippen LogP contribution is 2.32. The van der Waals surface area contributed by atoms with E-state index in [9.17, 15) is 14.9 Å². The Bertz CT molecular complexity index is 996. The lowest BCUT2D eigenvalue weighted by molar-refractivity contribution is -0.384. The number of nitro benzene ring substituents is 1. The number of hydrogen-bond acceptors (Lipinski definition) is 6. The third-order valence-corrected chi connectivity index (χ3v) is 5.59. The third-order valence-electron chi connectivity index (χ3n) is 4.68. The quantitative estimate of drug-likeness (QED) is 0.415. The van der Waals surface area contributed by atoms with Gasteiger partial charge in [0.25, 0.3) is 11.6 Å². The van der Waals surface area contributed by atoms with Crippen LogP contribution in [0.1, 0.15) is 10.4 Å². The molecule has 0 spiro atoms. The summed E-state index contributed by atoms with van der Waals surface area (Å²) in [7, 11) is 1.46. The van der Waals surface area contributed by atoms with Crippen LogP contribution in [0.3, 0.4) is 0 Å². The van der Waals surface area contributed by atoms with E-state index >= 15 is 0 Å². The first-order valence-corrected chi connectivity index (χ1v) is 10.1. The molecule has 1 aliphatic rings. The molecule has 30 heavy (non-hydrogen) atoms. The number of hydrogen-bond donors (Lipinski definition) is 1. The molecule has 1 N–H and O–H groups in total.